The van der Waals surface area contributed by atoms with Crippen LogP contribution in [0, 0.1) is 24.2 Å². The van der Waals surface area contributed by atoms with E-state index in [0.29, 0.717) is 11.3 Å². The van der Waals surface area contributed by atoms with Crippen molar-refractivity contribution in [3.63, 3.8) is 0 Å². The van der Waals surface area contributed by atoms with Crippen molar-refractivity contribution in [2.45, 2.75) is 26.4 Å². The molecule has 2 aromatic carbocycles. The van der Waals surface area contributed by atoms with Crippen molar-refractivity contribution in [2.24, 2.45) is 5.92 Å². The first-order valence-corrected chi connectivity index (χ1v) is 9.26. The lowest BCUT2D eigenvalue weighted by atomic mass is 10.1. The molecule has 2 amide bonds. The normalized spacial score (nSPS) is 16.8. The van der Waals surface area contributed by atoms with Gasteiger partial charge < -0.3 is 15.0 Å². The number of amides is 2. The lowest BCUT2D eigenvalue weighted by molar-refractivity contribution is -0.157. The molecule has 2 aromatic rings. The molecule has 1 saturated heterocycles. The quantitative estimate of drug-likeness (QED) is 0.790. The third-order valence-electron chi connectivity index (χ3n) is 4.75. The summed E-state index contributed by atoms with van der Waals surface area (Å²) in [6, 6.07) is 15.8. The van der Waals surface area contributed by atoms with Gasteiger partial charge in [0, 0.05) is 24.3 Å². The topological polar surface area (TPSA) is 99.5 Å². The van der Waals surface area contributed by atoms with Gasteiger partial charge in [0.2, 0.25) is 5.91 Å². The van der Waals surface area contributed by atoms with Crippen molar-refractivity contribution >= 4 is 29.2 Å². The van der Waals surface area contributed by atoms with Crippen LogP contribution in [0.4, 0.5) is 11.4 Å². The van der Waals surface area contributed by atoms with Gasteiger partial charge >= 0.3 is 5.97 Å². The van der Waals surface area contributed by atoms with Crippen molar-refractivity contribution in [3.05, 3.63) is 59.7 Å². The summed E-state index contributed by atoms with van der Waals surface area (Å²) in [5.41, 5.74) is 2.80. The molecule has 2 atom stereocenters. The second kappa shape index (κ2) is 8.57. The fraction of sp³-hybridized carbons (Fsp3) is 0.273. The first-order valence-electron chi connectivity index (χ1n) is 9.26. The van der Waals surface area contributed by atoms with Crippen LogP contribution >= 0.6 is 0 Å². The highest BCUT2D eigenvalue weighted by atomic mass is 16.5. The number of hydrogen-bond acceptors (Lipinski definition) is 5. The molecule has 0 aromatic heterocycles. The van der Waals surface area contributed by atoms with Crippen LogP contribution in [0.1, 0.15) is 24.5 Å². The molecule has 0 aliphatic carbocycles. The Balaban J connectivity index is 1.56. The molecule has 1 fully saturated rings. The van der Waals surface area contributed by atoms with E-state index in [1.807, 2.05) is 37.3 Å². The molecule has 7 heteroatoms. The number of rotatable bonds is 5. The highest BCUT2D eigenvalue weighted by Crippen LogP contribution is 2.26. The molecular formula is C22H21N3O4. The van der Waals surface area contributed by atoms with Gasteiger partial charge in [0.15, 0.2) is 6.10 Å². The Kier molecular flexibility index (Phi) is 5.93. The van der Waals surface area contributed by atoms with Gasteiger partial charge in [-0.05, 0) is 50.2 Å². The molecule has 7 nitrogen and oxygen atoms in total. The number of nitrogens with zero attached hydrogens (tertiary/aromatic N) is 2. The van der Waals surface area contributed by atoms with E-state index >= 15 is 0 Å². The smallest absolute Gasteiger partial charge is 0.312 e. The number of benzene rings is 2. The predicted octanol–water partition coefficient (Wildman–Crippen LogP) is 2.79. The monoisotopic (exact) mass is 391 g/mol. The molecule has 1 N–H and O–H groups in total. The van der Waals surface area contributed by atoms with Crippen molar-refractivity contribution in [1.29, 1.82) is 5.26 Å². The SMILES string of the molecule is Cc1ccc(N2C[C@H](C(=O)O[C@@H](C)C(=O)Nc3ccc(C#N)cc3)CC2=O)cc1. The minimum atomic E-state index is -1.01. The van der Waals surface area contributed by atoms with Crippen molar-refractivity contribution in [1.82, 2.24) is 0 Å². The Morgan fingerprint density at radius 3 is 2.45 bits per heavy atom. The van der Waals surface area contributed by atoms with Gasteiger partial charge in [0.25, 0.3) is 5.91 Å². The number of carbonyl (C=O) groups is 3. The molecule has 1 aliphatic rings. The molecule has 3 rings (SSSR count). The van der Waals surface area contributed by atoms with E-state index in [1.54, 1.807) is 29.2 Å². The van der Waals surface area contributed by atoms with Crippen molar-refractivity contribution < 1.29 is 19.1 Å². The Morgan fingerprint density at radius 1 is 1.17 bits per heavy atom. The van der Waals surface area contributed by atoms with Crippen LogP contribution in [0.2, 0.25) is 0 Å². The second-order valence-electron chi connectivity index (χ2n) is 7.00. The predicted molar refractivity (Wildman–Crippen MR) is 107 cm³/mol. The summed E-state index contributed by atoms with van der Waals surface area (Å²) < 4.78 is 5.28. The van der Waals surface area contributed by atoms with E-state index in [-0.39, 0.29) is 18.9 Å². The summed E-state index contributed by atoms with van der Waals surface area (Å²) in [4.78, 5) is 38.6. The largest absolute Gasteiger partial charge is 0.452 e. The van der Waals surface area contributed by atoms with Crippen LogP contribution in [0.25, 0.3) is 0 Å². The number of hydrogen-bond donors (Lipinski definition) is 1. The third-order valence-corrected chi connectivity index (χ3v) is 4.75. The van der Waals surface area contributed by atoms with Crippen molar-refractivity contribution in [3.8, 4) is 6.07 Å². The Bertz CT molecular complexity index is 961. The van der Waals surface area contributed by atoms with Crippen LogP contribution in [0.15, 0.2) is 48.5 Å². The maximum Gasteiger partial charge on any atom is 0.312 e. The minimum absolute atomic E-state index is 0.0523. The summed E-state index contributed by atoms with van der Waals surface area (Å²) in [7, 11) is 0. The number of aryl methyl sites for hydroxylation is 1. The van der Waals surface area contributed by atoms with E-state index in [9.17, 15) is 14.4 Å². The number of esters is 1. The van der Waals surface area contributed by atoms with E-state index in [0.717, 1.165) is 11.3 Å². The molecule has 0 unspecified atom stereocenters. The standard InChI is InChI=1S/C22H21N3O4/c1-14-3-9-19(10-4-14)25-13-17(11-20(25)26)22(28)29-15(2)21(27)24-18-7-5-16(12-23)6-8-18/h3-10,15,17H,11,13H2,1-2H3,(H,24,27)/t15-,17+/m0/s1. The van der Waals surface area contributed by atoms with E-state index in [2.05, 4.69) is 5.32 Å². The van der Waals surface area contributed by atoms with Crippen LogP contribution in [-0.4, -0.2) is 30.4 Å². The fourth-order valence-electron chi connectivity index (χ4n) is 3.04. The lowest BCUT2D eigenvalue weighted by Crippen LogP contribution is -2.33. The average Bonchev–Trinajstić information content (AvgIpc) is 3.11. The molecule has 1 heterocycles. The summed E-state index contributed by atoms with van der Waals surface area (Å²) >= 11 is 0. The first-order chi connectivity index (χ1) is 13.9. The highest BCUT2D eigenvalue weighted by molar-refractivity contribution is 6.00. The molecule has 29 heavy (non-hydrogen) atoms. The van der Waals surface area contributed by atoms with Crippen LogP contribution in [-0.2, 0) is 19.1 Å². The van der Waals surface area contributed by atoms with Gasteiger partial charge in [-0.1, -0.05) is 17.7 Å². The number of carbonyl (C=O) groups excluding carboxylic acids is 3. The molecule has 0 radical (unpaired) electrons. The first kappa shape index (κ1) is 20.1. The van der Waals surface area contributed by atoms with E-state index < -0.39 is 23.9 Å². The fourth-order valence-corrected chi connectivity index (χ4v) is 3.04. The molecule has 148 valence electrons. The minimum Gasteiger partial charge on any atom is -0.452 e. The summed E-state index contributed by atoms with van der Waals surface area (Å²) in [5.74, 6) is -1.82. The molecule has 0 spiro atoms. The van der Waals surface area contributed by atoms with Crippen molar-refractivity contribution in [2.75, 3.05) is 16.8 Å². The number of nitrogens with one attached hydrogen (secondary N) is 1. The zero-order valence-electron chi connectivity index (χ0n) is 16.2. The second-order valence-corrected chi connectivity index (χ2v) is 7.00. The van der Waals surface area contributed by atoms with Crippen LogP contribution in [0.3, 0.4) is 0 Å². The molecule has 0 bridgehead atoms. The summed E-state index contributed by atoms with van der Waals surface area (Å²) in [5, 5.41) is 11.4. The van der Waals surface area contributed by atoms with Gasteiger partial charge in [-0.2, -0.15) is 5.26 Å². The van der Waals surface area contributed by atoms with Crippen LogP contribution in [0.5, 0.6) is 0 Å². The number of ether oxygens (including phenoxy) is 1. The molecule has 1 aliphatic heterocycles. The lowest BCUT2D eigenvalue weighted by Gasteiger charge is -2.18. The zero-order valence-corrected chi connectivity index (χ0v) is 16.2. The van der Waals surface area contributed by atoms with Gasteiger partial charge in [0.1, 0.15) is 0 Å². The number of anilines is 2. The highest BCUT2D eigenvalue weighted by Gasteiger charge is 2.37. The van der Waals surface area contributed by atoms with Gasteiger partial charge in [-0.3, -0.25) is 14.4 Å². The Labute approximate surface area is 168 Å². The third kappa shape index (κ3) is 4.79. The summed E-state index contributed by atoms with van der Waals surface area (Å²) in [6.07, 6.45) is -0.960. The van der Waals surface area contributed by atoms with E-state index in [4.69, 9.17) is 10.00 Å². The van der Waals surface area contributed by atoms with Gasteiger partial charge in [-0.15, -0.1) is 0 Å². The Hall–Kier alpha value is -3.66. The van der Waals surface area contributed by atoms with Crippen LogP contribution < -0.4 is 10.2 Å². The maximum atomic E-state index is 12.5. The Morgan fingerprint density at radius 2 is 1.83 bits per heavy atom. The van der Waals surface area contributed by atoms with E-state index in [1.165, 1.54) is 6.92 Å². The average molecular weight is 391 g/mol. The van der Waals surface area contributed by atoms with Gasteiger partial charge in [0.05, 0.1) is 17.6 Å². The number of nitriles is 1. The maximum absolute atomic E-state index is 12.5. The molecule has 0 saturated carbocycles. The van der Waals surface area contributed by atoms with Gasteiger partial charge in [-0.25, -0.2) is 0 Å². The zero-order chi connectivity index (χ0) is 21.0. The molecular weight excluding hydrogens is 370 g/mol. The summed E-state index contributed by atoms with van der Waals surface area (Å²) in [6.45, 7) is 3.66.